The quantitative estimate of drug-likeness (QED) is 0.575. The Hall–Kier alpha value is -1.39. The van der Waals surface area contributed by atoms with Gasteiger partial charge < -0.3 is 0 Å². The van der Waals surface area contributed by atoms with Crippen LogP contribution >= 0.6 is 15.9 Å². The summed E-state index contributed by atoms with van der Waals surface area (Å²) < 4.78 is 0.426. The van der Waals surface area contributed by atoms with Gasteiger partial charge in [-0.1, -0.05) is 25.6 Å². The summed E-state index contributed by atoms with van der Waals surface area (Å²) in [5.41, 5.74) is 3.24. The first-order valence-corrected chi connectivity index (χ1v) is 9.86. The maximum absolute atomic E-state index is 11.3. The molecule has 0 fully saturated rings. The Morgan fingerprint density at radius 1 is 1.30 bits per heavy atom. The smallest absolute Gasteiger partial charge is 0.201 e. The number of anilines is 1. The average molecular weight is 346 g/mol. The zero-order valence-electron chi connectivity index (χ0n) is 11.3. The molecule has 0 unspecified atom stereocenters. The summed E-state index contributed by atoms with van der Waals surface area (Å²) in [5.74, 6) is 0.691. The average Bonchev–Trinajstić information content (AvgIpc) is 2.27. The third-order valence-corrected chi connectivity index (χ3v) is 3.19. The van der Waals surface area contributed by atoms with Crippen LogP contribution in [0.15, 0.2) is 10.8 Å². The van der Waals surface area contributed by atoms with Crippen molar-refractivity contribution in [3.63, 3.8) is 0 Å². The van der Waals surface area contributed by atoms with Gasteiger partial charge in [0.05, 0.1) is 6.20 Å². The molecule has 1 heterocycles. The molecule has 1 aromatic heterocycles. The molecule has 9 heteroatoms. The van der Waals surface area contributed by atoms with Crippen LogP contribution in [-0.4, -0.2) is 45.3 Å². The van der Waals surface area contributed by atoms with Crippen molar-refractivity contribution in [3.05, 3.63) is 16.5 Å². The highest BCUT2D eigenvalue weighted by atomic mass is 79.9. The first-order valence-electron chi connectivity index (χ1n) is 5.56. The van der Waals surface area contributed by atoms with Crippen LogP contribution in [0.4, 0.5) is 15.4 Å². The number of aromatic nitrogens is 2. The van der Waals surface area contributed by atoms with Crippen molar-refractivity contribution in [2.24, 2.45) is 0 Å². The highest BCUT2D eigenvalue weighted by Crippen LogP contribution is 2.18. The Morgan fingerprint density at radius 3 is 2.30 bits per heavy atom. The molecule has 0 saturated carbocycles. The molecule has 1 rings (SSSR count). The molecule has 0 saturated heterocycles. The van der Waals surface area contributed by atoms with Crippen molar-refractivity contribution in [1.82, 2.24) is 9.97 Å². The molecule has 0 aliphatic carbocycles. The van der Waals surface area contributed by atoms with Crippen LogP contribution in [0.1, 0.15) is 5.69 Å². The monoisotopic (exact) mass is 345 g/mol. The van der Waals surface area contributed by atoms with Crippen LogP contribution in [-0.2, 0) is 0 Å². The fourth-order valence-electron chi connectivity index (χ4n) is 1.17. The third-order valence-electron chi connectivity index (χ3n) is 1.93. The summed E-state index contributed by atoms with van der Waals surface area (Å²) in [7, 11) is 8.59. The van der Waals surface area contributed by atoms with E-state index >= 15 is 0 Å². The number of amides is 2. The van der Waals surface area contributed by atoms with Crippen molar-refractivity contribution >= 4 is 57.1 Å². The maximum atomic E-state index is 11.3. The summed E-state index contributed by atoms with van der Waals surface area (Å²) in [5, 5.41) is 0. The Labute approximate surface area is 129 Å². The van der Waals surface area contributed by atoms with Gasteiger partial charge in [-0.2, -0.15) is 0 Å². The topological polar surface area (TPSA) is 63.2 Å². The molecular formula is C11H10B2BrN3O2Si. The number of hydrogen-bond acceptors (Lipinski definition) is 4. The zero-order chi connectivity index (χ0) is 15.5. The molecule has 0 spiro atoms. The lowest BCUT2D eigenvalue weighted by Gasteiger charge is -2.18. The molecule has 0 bridgehead atoms. The van der Waals surface area contributed by atoms with E-state index in [1.165, 1.54) is 6.20 Å². The lowest BCUT2D eigenvalue weighted by Crippen LogP contribution is -2.36. The predicted molar refractivity (Wildman–Crippen MR) is 84.7 cm³/mol. The van der Waals surface area contributed by atoms with Crippen molar-refractivity contribution in [2.75, 3.05) is 4.90 Å². The van der Waals surface area contributed by atoms with Gasteiger partial charge in [0, 0.05) is 0 Å². The summed E-state index contributed by atoms with van der Waals surface area (Å²) in [4.78, 5) is 31.2. The number of imide groups is 1. The van der Waals surface area contributed by atoms with Gasteiger partial charge in [-0.15, -0.1) is 5.54 Å². The molecule has 20 heavy (non-hydrogen) atoms. The van der Waals surface area contributed by atoms with E-state index < -0.39 is 19.7 Å². The summed E-state index contributed by atoms with van der Waals surface area (Å²) in [6, 6.07) is 0. The predicted octanol–water partition coefficient (Wildman–Crippen LogP) is 1.85. The standard InChI is InChI=1S/C11H10B2BrN3O2Si/c1-20(2,3)5-4-7-9(15-6-8(14)16-7)17(10(12)18)11(13)19/h6H,1-3H3. The Balaban J connectivity index is 3.43. The molecule has 0 aromatic carbocycles. The van der Waals surface area contributed by atoms with Crippen LogP contribution in [0.5, 0.6) is 0 Å². The minimum atomic E-state index is -1.66. The molecule has 0 aliphatic rings. The Kier molecular flexibility index (Phi) is 5.31. The lowest BCUT2D eigenvalue weighted by molar-refractivity contribution is 0.254. The van der Waals surface area contributed by atoms with Crippen LogP contribution < -0.4 is 4.90 Å². The van der Waals surface area contributed by atoms with E-state index in [1.54, 1.807) is 0 Å². The highest BCUT2D eigenvalue weighted by molar-refractivity contribution is 9.10. The van der Waals surface area contributed by atoms with Crippen LogP contribution in [0.3, 0.4) is 0 Å². The zero-order valence-corrected chi connectivity index (χ0v) is 13.9. The van der Waals surface area contributed by atoms with Gasteiger partial charge in [-0.3, -0.25) is 14.5 Å². The van der Waals surface area contributed by atoms with Crippen LogP contribution in [0.25, 0.3) is 0 Å². The van der Waals surface area contributed by atoms with Crippen LogP contribution in [0.2, 0.25) is 19.6 Å². The summed E-state index contributed by atoms with van der Waals surface area (Å²) in [6.07, 6.45) is 1.33. The van der Waals surface area contributed by atoms with Gasteiger partial charge in [-0.25, -0.2) is 9.97 Å². The lowest BCUT2D eigenvalue weighted by atomic mass is 10.0. The van der Waals surface area contributed by atoms with E-state index in [0.29, 0.717) is 9.50 Å². The number of hydrogen-bond donors (Lipinski definition) is 0. The number of rotatable bonds is 1. The fraction of sp³-hybridized carbons (Fsp3) is 0.273. The number of nitrogens with zero attached hydrogens (tertiary/aromatic N) is 3. The highest BCUT2D eigenvalue weighted by Gasteiger charge is 2.21. The van der Waals surface area contributed by atoms with E-state index in [0.717, 1.165) is 0 Å². The minimum absolute atomic E-state index is 0.0704. The Bertz CT molecular complexity index is 608. The van der Waals surface area contributed by atoms with E-state index in [2.05, 4.69) is 37.4 Å². The summed E-state index contributed by atoms with van der Waals surface area (Å²) in [6.45, 7) is 6.14. The van der Waals surface area contributed by atoms with Gasteiger partial charge in [0.1, 0.15) is 12.7 Å². The molecule has 5 nitrogen and oxygen atoms in total. The second kappa shape index (κ2) is 6.37. The second-order valence-electron chi connectivity index (χ2n) is 4.88. The van der Waals surface area contributed by atoms with E-state index in [-0.39, 0.29) is 11.5 Å². The van der Waals surface area contributed by atoms with Gasteiger partial charge >= 0.3 is 0 Å². The van der Waals surface area contributed by atoms with Gasteiger partial charge in [0.25, 0.3) is 0 Å². The first-order chi connectivity index (χ1) is 9.11. The van der Waals surface area contributed by atoms with Gasteiger partial charge in [0.2, 0.25) is 15.7 Å². The fourth-order valence-corrected chi connectivity index (χ4v) is 1.95. The largest absolute Gasteiger partial charge is 0.288 e. The molecular weight excluding hydrogens is 336 g/mol. The molecule has 2 amide bonds. The normalized spacial score (nSPS) is 10.4. The van der Waals surface area contributed by atoms with Crippen LogP contribution in [0, 0.1) is 11.5 Å². The van der Waals surface area contributed by atoms with Crippen molar-refractivity contribution < 1.29 is 9.59 Å². The third kappa shape index (κ3) is 4.61. The summed E-state index contributed by atoms with van der Waals surface area (Å²) >= 11 is 3.16. The molecule has 0 N–H and O–H groups in total. The van der Waals surface area contributed by atoms with E-state index in [9.17, 15) is 9.59 Å². The van der Waals surface area contributed by atoms with Gasteiger partial charge in [-0.05, 0) is 15.9 Å². The second-order valence-corrected chi connectivity index (χ2v) is 10.4. The van der Waals surface area contributed by atoms with Crippen molar-refractivity contribution in [2.45, 2.75) is 19.6 Å². The van der Waals surface area contributed by atoms with Gasteiger partial charge in [0.15, 0.2) is 23.1 Å². The number of carbonyl (C=O) groups is 2. The number of halogens is 1. The van der Waals surface area contributed by atoms with E-state index in [4.69, 9.17) is 15.7 Å². The Morgan fingerprint density at radius 2 is 1.85 bits per heavy atom. The van der Waals surface area contributed by atoms with Crippen molar-refractivity contribution in [1.29, 1.82) is 0 Å². The SMILES string of the molecule is [B]C(=O)N(C([B])=O)c1ncc(Br)nc1C#C[Si](C)(C)C. The first kappa shape index (κ1) is 16.7. The minimum Gasteiger partial charge on any atom is -0.288 e. The maximum Gasteiger partial charge on any atom is 0.201 e. The molecule has 0 atom stereocenters. The van der Waals surface area contributed by atoms with E-state index in [1.807, 2.05) is 19.6 Å². The molecule has 1 aromatic rings. The van der Waals surface area contributed by atoms with Crippen molar-refractivity contribution in [3.8, 4) is 11.5 Å². The number of carbonyl (C=O) groups excluding carboxylic acids is 2. The molecule has 98 valence electrons. The molecule has 0 aliphatic heterocycles. The molecule has 4 radical (unpaired) electrons.